The fourth-order valence-corrected chi connectivity index (χ4v) is 4.39. The van der Waals surface area contributed by atoms with Crippen molar-refractivity contribution in [1.82, 2.24) is 26.1 Å². The number of fused-ring (bicyclic) bond motifs is 1. The van der Waals surface area contributed by atoms with Crippen LogP contribution in [0.5, 0.6) is 0 Å². The molecule has 3 aromatic rings. The molecule has 12 nitrogen and oxygen atoms in total. The Labute approximate surface area is 270 Å². The maximum Gasteiger partial charge on any atom is 0.412 e. The SMILES string of the molecule is CC(=O)N(NCc1cccc(F)c1Cl)C(CCC(=O)NCCNC(=O)OC(C)(C)C)COC(=O)Nc1cc2cc(F)ccc2cn1. The zero-order valence-electron chi connectivity index (χ0n) is 25.9. The van der Waals surface area contributed by atoms with Crippen LogP contribution in [0.3, 0.4) is 0 Å². The number of benzene rings is 2. The van der Waals surface area contributed by atoms with E-state index in [1.54, 1.807) is 32.9 Å². The molecule has 0 aliphatic heterocycles. The van der Waals surface area contributed by atoms with Gasteiger partial charge in [-0.1, -0.05) is 23.7 Å². The number of pyridine rings is 1. The number of carbonyl (C=O) groups is 4. The minimum absolute atomic E-state index is 0.0427. The largest absolute Gasteiger partial charge is 0.447 e. The predicted molar refractivity (Wildman–Crippen MR) is 168 cm³/mol. The summed E-state index contributed by atoms with van der Waals surface area (Å²) >= 11 is 6.06. The molecule has 0 bridgehead atoms. The molecule has 3 rings (SSSR count). The molecule has 1 unspecified atom stereocenters. The first kappa shape index (κ1) is 35.9. The van der Waals surface area contributed by atoms with Gasteiger partial charge in [-0.3, -0.25) is 19.9 Å². The molecule has 4 amide bonds. The molecule has 1 heterocycles. The Hall–Kier alpha value is -4.56. The van der Waals surface area contributed by atoms with Crippen molar-refractivity contribution in [2.24, 2.45) is 0 Å². The Kier molecular flexibility index (Phi) is 13.0. The van der Waals surface area contributed by atoms with Gasteiger partial charge in [0.05, 0.1) is 11.1 Å². The molecule has 0 saturated carbocycles. The third-order valence-corrected chi connectivity index (χ3v) is 6.74. The molecule has 15 heteroatoms. The van der Waals surface area contributed by atoms with Gasteiger partial charge in [0, 0.05) is 44.6 Å². The predicted octanol–water partition coefficient (Wildman–Crippen LogP) is 5.06. The number of hydrogen-bond acceptors (Lipinski definition) is 8. The molecule has 248 valence electrons. The Morgan fingerprint density at radius 2 is 1.74 bits per heavy atom. The molecular formula is C31H37ClF2N6O6. The average Bonchev–Trinajstić information content (AvgIpc) is 2.97. The Balaban J connectivity index is 1.63. The lowest BCUT2D eigenvalue weighted by molar-refractivity contribution is -0.137. The van der Waals surface area contributed by atoms with Crippen LogP contribution in [0.15, 0.2) is 48.7 Å². The van der Waals surface area contributed by atoms with E-state index in [2.05, 4.69) is 26.4 Å². The number of anilines is 1. The Morgan fingerprint density at radius 1 is 1.00 bits per heavy atom. The van der Waals surface area contributed by atoms with Crippen molar-refractivity contribution in [2.45, 2.75) is 58.7 Å². The van der Waals surface area contributed by atoms with Gasteiger partial charge in [0.25, 0.3) is 0 Å². The number of alkyl carbamates (subject to hydrolysis) is 1. The van der Waals surface area contributed by atoms with Gasteiger partial charge in [0.2, 0.25) is 11.8 Å². The van der Waals surface area contributed by atoms with Gasteiger partial charge in [0.15, 0.2) is 0 Å². The van der Waals surface area contributed by atoms with Crippen LogP contribution in [0.2, 0.25) is 5.02 Å². The lowest BCUT2D eigenvalue weighted by Gasteiger charge is -2.31. The molecule has 2 aromatic carbocycles. The van der Waals surface area contributed by atoms with E-state index in [-0.39, 0.29) is 55.8 Å². The van der Waals surface area contributed by atoms with Crippen molar-refractivity contribution in [1.29, 1.82) is 0 Å². The molecule has 0 aliphatic rings. The van der Waals surface area contributed by atoms with Crippen molar-refractivity contribution in [3.05, 3.63) is 70.9 Å². The van der Waals surface area contributed by atoms with E-state index in [0.717, 1.165) is 0 Å². The van der Waals surface area contributed by atoms with Crippen LogP contribution in [0.25, 0.3) is 10.8 Å². The molecule has 1 aromatic heterocycles. The Bertz CT molecular complexity index is 1550. The number of halogens is 3. The summed E-state index contributed by atoms with van der Waals surface area (Å²) in [5.74, 6) is -1.82. The van der Waals surface area contributed by atoms with Gasteiger partial charge in [-0.15, -0.1) is 0 Å². The van der Waals surface area contributed by atoms with E-state index in [0.29, 0.717) is 16.3 Å². The minimum atomic E-state index is -0.900. The highest BCUT2D eigenvalue weighted by Gasteiger charge is 2.25. The lowest BCUT2D eigenvalue weighted by Crippen LogP contribution is -2.51. The molecule has 0 radical (unpaired) electrons. The highest BCUT2D eigenvalue weighted by Crippen LogP contribution is 2.21. The first-order chi connectivity index (χ1) is 21.7. The highest BCUT2D eigenvalue weighted by molar-refractivity contribution is 6.31. The summed E-state index contributed by atoms with van der Waals surface area (Å²) in [5, 5.41) is 9.91. The molecule has 0 saturated heterocycles. The quantitative estimate of drug-likeness (QED) is 0.147. The number of nitrogens with zero attached hydrogens (tertiary/aromatic N) is 2. The zero-order valence-corrected chi connectivity index (χ0v) is 26.7. The van der Waals surface area contributed by atoms with E-state index >= 15 is 0 Å². The van der Waals surface area contributed by atoms with Gasteiger partial charge >= 0.3 is 12.2 Å². The van der Waals surface area contributed by atoms with Crippen molar-refractivity contribution in [3.8, 4) is 0 Å². The molecule has 0 fully saturated rings. The summed E-state index contributed by atoms with van der Waals surface area (Å²) in [6.07, 6.45) is -0.0810. The molecule has 1 atom stereocenters. The number of carbonyl (C=O) groups excluding carboxylic acids is 4. The number of hydrazine groups is 1. The standard InChI is InChI=1S/C31H37ClF2N6O6/c1-19(41)40(38-17-21-6-5-7-25(34)28(21)32)24(10-11-27(42)35-12-13-36-29(43)46-31(2,3)4)18-45-30(44)39-26-15-22-14-23(33)9-8-20(22)16-37-26/h5-9,14-16,24,38H,10-13,17-18H2,1-4H3,(H,35,42)(H,36,43)(H,37,39,44). The van der Waals surface area contributed by atoms with Crippen LogP contribution in [0.1, 0.15) is 46.1 Å². The molecular weight excluding hydrogens is 626 g/mol. The fraction of sp³-hybridized carbons (Fsp3) is 0.387. The first-order valence-corrected chi connectivity index (χ1v) is 14.8. The first-order valence-electron chi connectivity index (χ1n) is 14.4. The number of rotatable bonds is 13. The molecule has 46 heavy (non-hydrogen) atoms. The summed E-state index contributed by atoms with van der Waals surface area (Å²) in [6.45, 7) is 6.32. The van der Waals surface area contributed by atoms with Crippen molar-refractivity contribution in [3.63, 3.8) is 0 Å². The van der Waals surface area contributed by atoms with Crippen molar-refractivity contribution >= 4 is 52.2 Å². The second-order valence-corrected chi connectivity index (χ2v) is 11.6. The van der Waals surface area contributed by atoms with Crippen LogP contribution in [0.4, 0.5) is 24.2 Å². The molecule has 0 spiro atoms. The summed E-state index contributed by atoms with van der Waals surface area (Å²) in [5.41, 5.74) is 2.60. The molecule has 0 aliphatic carbocycles. The monoisotopic (exact) mass is 662 g/mol. The maximum atomic E-state index is 14.0. The third-order valence-electron chi connectivity index (χ3n) is 6.32. The normalized spacial score (nSPS) is 11.8. The number of amides is 4. The average molecular weight is 663 g/mol. The summed E-state index contributed by atoms with van der Waals surface area (Å²) < 4.78 is 38.2. The van der Waals surface area contributed by atoms with Crippen LogP contribution in [-0.4, -0.2) is 65.3 Å². The van der Waals surface area contributed by atoms with Gasteiger partial charge < -0.3 is 20.1 Å². The van der Waals surface area contributed by atoms with E-state index in [9.17, 15) is 28.0 Å². The number of nitrogens with one attached hydrogen (secondary N) is 4. The van der Waals surface area contributed by atoms with Gasteiger partial charge in [-0.2, -0.15) is 0 Å². The zero-order chi connectivity index (χ0) is 33.9. The topological polar surface area (TPSA) is 151 Å². The van der Waals surface area contributed by atoms with Crippen LogP contribution >= 0.6 is 11.6 Å². The number of hydrogen-bond donors (Lipinski definition) is 4. The van der Waals surface area contributed by atoms with Crippen LogP contribution < -0.4 is 21.4 Å². The van der Waals surface area contributed by atoms with Crippen LogP contribution in [-0.2, 0) is 25.6 Å². The van der Waals surface area contributed by atoms with Gasteiger partial charge in [-0.25, -0.2) is 28.8 Å². The second kappa shape index (κ2) is 16.7. The van der Waals surface area contributed by atoms with Gasteiger partial charge in [-0.05, 0) is 68.5 Å². The van der Waals surface area contributed by atoms with E-state index in [1.807, 2.05) is 0 Å². The highest BCUT2D eigenvalue weighted by atomic mass is 35.5. The van der Waals surface area contributed by atoms with Gasteiger partial charge in [0.1, 0.15) is 29.7 Å². The van der Waals surface area contributed by atoms with Crippen LogP contribution in [0, 0.1) is 11.6 Å². The number of ether oxygens (including phenoxy) is 2. The maximum absolute atomic E-state index is 14.0. The smallest absolute Gasteiger partial charge is 0.412 e. The number of aromatic nitrogens is 1. The molecule has 4 N–H and O–H groups in total. The lowest BCUT2D eigenvalue weighted by atomic mass is 10.1. The summed E-state index contributed by atoms with van der Waals surface area (Å²) in [6, 6.07) is 9.03. The third kappa shape index (κ3) is 11.7. The van der Waals surface area contributed by atoms with Crippen molar-refractivity contribution < 1.29 is 37.4 Å². The van der Waals surface area contributed by atoms with E-state index in [1.165, 1.54) is 48.5 Å². The van der Waals surface area contributed by atoms with Crippen molar-refractivity contribution in [2.75, 3.05) is 25.0 Å². The fourth-order valence-electron chi connectivity index (χ4n) is 4.20. The Morgan fingerprint density at radius 3 is 2.46 bits per heavy atom. The second-order valence-electron chi connectivity index (χ2n) is 11.2. The van der Waals surface area contributed by atoms with E-state index < -0.39 is 41.4 Å². The summed E-state index contributed by atoms with van der Waals surface area (Å²) in [7, 11) is 0. The summed E-state index contributed by atoms with van der Waals surface area (Å²) in [4.78, 5) is 53.9. The minimum Gasteiger partial charge on any atom is -0.447 e. The van der Waals surface area contributed by atoms with E-state index in [4.69, 9.17) is 21.1 Å².